The number of fused-ring (bicyclic) bond motifs is 2. The van der Waals surface area contributed by atoms with Crippen molar-refractivity contribution in [2.24, 2.45) is 10.7 Å². The topological polar surface area (TPSA) is 178 Å². The highest BCUT2D eigenvalue weighted by molar-refractivity contribution is 6.32. The predicted molar refractivity (Wildman–Crippen MR) is 169 cm³/mol. The largest absolute Gasteiger partial charge is 0.478 e. The molecule has 0 bridgehead atoms. The highest BCUT2D eigenvalue weighted by Gasteiger charge is 2.30. The van der Waals surface area contributed by atoms with Crippen LogP contribution in [0, 0.1) is 0 Å². The minimum absolute atomic E-state index is 0.00836. The number of amides is 1. The molecular formula is C31H24ClF3N8O4. The number of carbonyl (C=O) groups is 2. The first kappa shape index (κ1) is 32.6. The normalized spacial score (nSPS) is 13.5. The smallest absolute Gasteiger partial charge is 0.416 e. The fraction of sp³-hybridized carbons (Fsp3) is 0.129. The second-order valence-corrected chi connectivity index (χ2v) is 10.3. The highest BCUT2D eigenvalue weighted by atomic mass is 35.5. The lowest BCUT2D eigenvalue weighted by Crippen LogP contribution is -2.13. The minimum Gasteiger partial charge on any atom is -0.478 e. The number of carboxylic acids is 1. The maximum atomic E-state index is 12.9. The number of carboxylic acid groups (broad SMARTS) is 1. The number of anilines is 3. The first-order chi connectivity index (χ1) is 22.5. The van der Waals surface area contributed by atoms with Crippen molar-refractivity contribution in [2.45, 2.75) is 19.0 Å². The number of hydrogen-bond donors (Lipinski definition) is 4. The summed E-state index contributed by atoms with van der Waals surface area (Å²) >= 11 is 6.29. The van der Waals surface area contributed by atoms with Crippen LogP contribution in [0.25, 0.3) is 12.2 Å². The number of aliphatic carboxylic acids is 1. The maximum absolute atomic E-state index is 12.9. The van der Waals surface area contributed by atoms with Crippen LogP contribution in [0.15, 0.2) is 77.5 Å². The number of primary amides is 1. The Hall–Kier alpha value is -5.83. The van der Waals surface area contributed by atoms with Crippen LogP contribution in [-0.4, -0.2) is 49.7 Å². The van der Waals surface area contributed by atoms with Gasteiger partial charge in [0.05, 0.1) is 16.1 Å². The van der Waals surface area contributed by atoms with Gasteiger partial charge in [-0.15, -0.1) is 0 Å². The van der Waals surface area contributed by atoms with Gasteiger partial charge in [-0.2, -0.15) is 13.2 Å². The molecule has 5 N–H and O–H groups in total. The summed E-state index contributed by atoms with van der Waals surface area (Å²) in [6.07, 6.45) is 5.42. The van der Waals surface area contributed by atoms with Crippen LogP contribution in [0.4, 0.5) is 36.3 Å². The van der Waals surface area contributed by atoms with E-state index in [0.717, 1.165) is 17.7 Å². The number of ether oxygens (including phenoxy) is 1. The van der Waals surface area contributed by atoms with Gasteiger partial charge in [0.15, 0.2) is 5.82 Å². The van der Waals surface area contributed by atoms with E-state index < -0.39 is 23.6 Å². The average molecular weight is 665 g/mol. The summed E-state index contributed by atoms with van der Waals surface area (Å²) < 4.78 is 44.3. The van der Waals surface area contributed by atoms with E-state index in [9.17, 15) is 27.9 Å². The lowest BCUT2D eigenvalue weighted by atomic mass is 10.1. The molecule has 0 fully saturated rings. The zero-order chi connectivity index (χ0) is 33.6. The number of nitrogens with two attached hydrogens (primary N) is 1. The van der Waals surface area contributed by atoms with Crippen molar-refractivity contribution in [3.8, 4) is 11.5 Å². The standard InChI is InChI=1S/C22H16ClF3N4O3.C9H8N4O/c23-17-10-14(4-5-18(17)33-15-3-1-2-13(9-15)22(24,25)26)30-20-16-8-12(21(31)32)6-7-27-19(16)28-11-29-20;10-8(14)6-1-2-12-9-7(3-6)4-11-5-13-9/h1-5,8-11H,6-7H2,(H,31,32)(H2,27,28,29,30);2-5H,1H2,(H2,10,14). The third-order valence-electron chi connectivity index (χ3n) is 6.64. The molecule has 4 heterocycles. The molecule has 0 aliphatic carbocycles. The molecule has 2 aliphatic heterocycles. The van der Waals surface area contributed by atoms with Gasteiger partial charge in [0, 0.05) is 47.8 Å². The van der Waals surface area contributed by atoms with Gasteiger partial charge in [0.25, 0.3) is 0 Å². The molecule has 0 radical (unpaired) electrons. The molecule has 2 aromatic carbocycles. The van der Waals surface area contributed by atoms with Crippen molar-refractivity contribution in [2.75, 3.05) is 17.2 Å². The molecule has 0 saturated heterocycles. The number of benzene rings is 2. The van der Waals surface area contributed by atoms with Crippen molar-refractivity contribution < 1.29 is 32.6 Å². The number of carbonyl (C=O) groups excluding carboxylic acids is 1. The van der Waals surface area contributed by atoms with Crippen LogP contribution in [0.3, 0.4) is 0 Å². The number of aromatic nitrogens is 4. The summed E-state index contributed by atoms with van der Waals surface area (Å²) in [6, 6.07) is 9.11. The van der Waals surface area contributed by atoms with E-state index in [1.165, 1.54) is 43.0 Å². The molecular weight excluding hydrogens is 641 g/mol. The maximum Gasteiger partial charge on any atom is 0.416 e. The van der Waals surface area contributed by atoms with E-state index in [1.54, 1.807) is 24.6 Å². The van der Waals surface area contributed by atoms with E-state index in [1.807, 2.05) is 0 Å². The van der Waals surface area contributed by atoms with E-state index in [2.05, 4.69) is 35.6 Å². The molecule has 2 aliphatic rings. The van der Waals surface area contributed by atoms with Gasteiger partial charge in [-0.05, 0) is 55.0 Å². The quantitative estimate of drug-likeness (QED) is 0.180. The Kier molecular flexibility index (Phi) is 9.75. The third kappa shape index (κ3) is 8.26. The molecule has 12 nitrogen and oxygen atoms in total. The Morgan fingerprint density at radius 3 is 2.62 bits per heavy atom. The van der Waals surface area contributed by atoms with Gasteiger partial charge >= 0.3 is 12.1 Å². The van der Waals surface area contributed by atoms with E-state index in [-0.39, 0.29) is 22.1 Å². The number of nitrogens with zero attached hydrogens (tertiary/aromatic N) is 5. The highest BCUT2D eigenvalue weighted by Crippen LogP contribution is 2.36. The molecule has 0 atom stereocenters. The molecule has 4 aromatic rings. The lowest BCUT2D eigenvalue weighted by molar-refractivity contribution is -0.137. The van der Waals surface area contributed by atoms with Gasteiger partial charge in [-0.25, -0.2) is 29.7 Å². The second kappa shape index (κ2) is 14.1. The number of hydrogen-bond acceptors (Lipinski definition) is 10. The van der Waals surface area contributed by atoms with Gasteiger partial charge in [-0.1, -0.05) is 17.7 Å². The van der Waals surface area contributed by atoms with Crippen molar-refractivity contribution in [3.05, 3.63) is 94.2 Å². The summed E-state index contributed by atoms with van der Waals surface area (Å²) in [5.41, 5.74) is 6.78. The van der Waals surface area contributed by atoms with Crippen LogP contribution >= 0.6 is 11.6 Å². The van der Waals surface area contributed by atoms with E-state index in [4.69, 9.17) is 22.1 Å². The monoisotopic (exact) mass is 664 g/mol. The fourth-order valence-electron chi connectivity index (χ4n) is 4.36. The summed E-state index contributed by atoms with van der Waals surface area (Å²) in [5.74, 6) is 0.0989. The Balaban J connectivity index is 0.000000257. The lowest BCUT2D eigenvalue weighted by Gasteiger charge is -2.14. The summed E-state index contributed by atoms with van der Waals surface area (Å²) in [4.78, 5) is 42.7. The third-order valence-corrected chi connectivity index (χ3v) is 6.93. The Morgan fingerprint density at radius 1 is 1.04 bits per heavy atom. The van der Waals surface area contributed by atoms with Crippen molar-refractivity contribution in [3.63, 3.8) is 0 Å². The van der Waals surface area contributed by atoms with Gasteiger partial charge in [0.1, 0.15) is 35.8 Å². The second-order valence-electron chi connectivity index (χ2n) is 9.89. The van der Waals surface area contributed by atoms with Crippen LogP contribution < -0.4 is 21.1 Å². The molecule has 0 unspecified atom stereocenters. The first-order valence-electron chi connectivity index (χ1n) is 13.8. The van der Waals surface area contributed by atoms with Gasteiger partial charge in [-0.3, -0.25) is 4.79 Å². The molecule has 47 heavy (non-hydrogen) atoms. The van der Waals surface area contributed by atoms with Gasteiger partial charge < -0.3 is 26.2 Å². The van der Waals surface area contributed by atoms with Crippen molar-refractivity contribution in [1.29, 1.82) is 0 Å². The molecule has 16 heteroatoms. The Morgan fingerprint density at radius 2 is 1.87 bits per heavy atom. The molecule has 240 valence electrons. The van der Waals surface area contributed by atoms with Gasteiger partial charge in [0.2, 0.25) is 5.91 Å². The Bertz CT molecular complexity index is 1930. The van der Waals surface area contributed by atoms with E-state index >= 15 is 0 Å². The summed E-state index contributed by atoms with van der Waals surface area (Å²) in [5, 5.41) is 15.6. The zero-order valence-electron chi connectivity index (χ0n) is 24.1. The van der Waals surface area contributed by atoms with Crippen LogP contribution in [-0.2, 0) is 15.8 Å². The molecule has 0 spiro atoms. The minimum atomic E-state index is -4.49. The molecule has 2 aromatic heterocycles. The number of halogens is 4. The molecule has 0 saturated carbocycles. The average Bonchev–Trinajstić information content (AvgIpc) is 3.40. The summed E-state index contributed by atoms with van der Waals surface area (Å²) in [7, 11) is 0. The number of alkyl halides is 3. The zero-order valence-corrected chi connectivity index (χ0v) is 24.9. The van der Waals surface area contributed by atoms with Crippen molar-refractivity contribution >= 4 is 65.0 Å². The Labute approximate surface area is 269 Å². The SMILES string of the molecule is NC(=O)C1=Cc2cncnc2N=CC1.O=C(O)C1=Cc2c(ncnc2Nc2ccc(Oc3cccc(C(F)(F)F)c3)c(Cl)c2)NCC1. The first-order valence-corrected chi connectivity index (χ1v) is 14.1. The van der Waals surface area contributed by atoms with Crippen LogP contribution in [0.2, 0.25) is 5.02 Å². The van der Waals surface area contributed by atoms with Crippen molar-refractivity contribution in [1.82, 2.24) is 19.9 Å². The van der Waals surface area contributed by atoms with Crippen LogP contribution in [0.1, 0.15) is 29.5 Å². The predicted octanol–water partition coefficient (Wildman–Crippen LogP) is 6.42. The molecule has 1 amide bonds. The number of aliphatic imine (C=N–C) groups is 1. The fourth-order valence-corrected chi connectivity index (χ4v) is 4.58. The van der Waals surface area contributed by atoms with Crippen LogP contribution in [0.5, 0.6) is 11.5 Å². The number of nitrogens with one attached hydrogen (secondary N) is 2. The number of rotatable bonds is 6. The summed E-state index contributed by atoms with van der Waals surface area (Å²) in [6.45, 7) is 0.412. The molecule has 6 rings (SSSR count). The van der Waals surface area contributed by atoms with E-state index in [0.29, 0.717) is 53.7 Å².